The molecule has 0 fully saturated rings. The molecule has 0 aliphatic rings. The van der Waals surface area contributed by atoms with Gasteiger partial charge in [-0.05, 0) is 39.5 Å². The van der Waals surface area contributed by atoms with Crippen LogP contribution < -0.4 is 0 Å². The smallest absolute Gasteiger partial charge is 0.0661 e. The van der Waals surface area contributed by atoms with E-state index >= 15 is 0 Å². The molecular formula is C16H34O. The van der Waals surface area contributed by atoms with E-state index in [-0.39, 0.29) is 11.2 Å². The van der Waals surface area contributed by atoms with Crippen LogP contribution in [0.5, 0.6) is 0 Å². The van der Waals surface area contributed by atoms with Crippen LogP contribution in [-0.4, -0.2) is 11.2 Å². The molecule has 0 aliphatic carbocycles. The molecule has 0 spiro atoms. The largest absolute Gasteiger partial charge is 0.369 e. The van der Waals surface area contributed by atoms with E-state index in [0.29, 0.717) is 11.8 Å². The Kier molecular flexibility index (Phi) is 6.76. The Balaban J connectivity index is 4.78. The van der Waals surface area contributed by atoms with E-state index in [4.69, 9.17) is 4.74 Å². The number of hydrogen-bond donors (Lipinski definition) is 0. The van der Waals surface area contributed by atoms with E-state index in [2.05, 4.69) is 55.4 Å². The highest BCUT2D eigenvalue weighted by Crippen LogP contribution is 2.36. The van der Waals surface area contributed by atoms with Gasteiger partial charge in [-0.2, -0.15) is 0 Å². The number of rotatable bonds is 8. The van der Waals surface area contributed by atoms with Crippen LogP contribution in [0.2, 0.25) is 0 Å². The van der Waals surface area contributed by atoms with Gasteiger partial charge in [0.15, 0.2) is 0 Å². The molecule has 0 heterocycles. The van der Waals surface area contributed by atoms with Gasteiger partial charge in [-0.1, -0.05) is 53.4 Å². The van der Waals surface area contributed by atoms with Gasteiger partial charge in [-0.15, -0.1) is 0 Å². The van der Waals surface area contributed by atoms with Crippen LogP contribution >= 0.6 is 0 Å². The zero-order chi connectivity index (χ0) is 13.7. The first-order valence-corrected chi connectivity index (χ1v) is 7.45. The molecule has 0 N–H and O–H groups in total. The summed E-state index contributed by atoms with van der Waals surface area (Å²) in [5.74, 6) is 1.30. The van der Waals surface area contributed by atoms with Crippen molar-refractivity contribution in [2.24, 2.45) is 11.8 Å². The van der Waals surface area contributed by atoms with Crippen molar-refractivity contribution in [1.82, 2.24) is 0 Å². The normalized spacial score (nSPS) is 13.8. The lowest BCUT2D eigenvalue weighted by molar-refractivity contribution is -0.174. The van der Waals surface area contributed by atoms with Crippen LogP contribution in [0.25, 0.3) is 0 Å². The minimum absolute atomic E-state index is 0.0183. The molecule has 0 unspecified atom stereocenters. The monoisotopic (exact) mass is 242 g/mol. The van der Waals surface area contributed by atoms with E-state index in [9.17, 15) is 0 Å². The fourth-order valence-electron chi connectivity index (χ4n) is 3.39. The predicted molar refractivity (Wildman–Crippen MR) is 77.4 cm³/mol. The summed E-state index contributed by atoms with van der Waals surface area (Å²) in [6.45, 7) is 18.1. The fraction of sp³-hybridized carbons (Fsp3) is 1.00. The van der Waals surface area contributed by atoms with Crippen molar-refractivity contribution in [3.8, 4) is 0 Å². The van der Waals surface area contributed by atoms with Crippen molar-refractivity contribution in [2.45, 2.75) is 92.3 Å². The molecule has 0 amide bonds. The lowest BCUT2D eigenvalue weighted by atomic mass is 9.82. The highest BCUT2D eigenvalue weighted by atomic mass is 16.5. The first kappa shape index (κ1) is 17.0. The maximum absolute atomic E-state index is 6.51. The zero-order valence-corrected chi connectivity index (χ0v) is 13.4. The summed E-state index contributed by atoms with van der Waals surface area (Å²) in [6.07, 6.45) is 4.79. The summed E-state index contributed by atoms with van der Waals surface area (Å²) in [7, 11) is 0. The molecule has 0 saturated heterocycles. The quantitative estimate of drug-likeness (QED) is 0.551. The topological polar surface area (TPSA) is 9.23 Å². The van der Waals surface area contributed by atoms with Crippen LogP contribution in [0, 0.1) is 11.8 Å². The maximum Gasteiger partial charge on any atom is 0.0661 e. The SMILES string of the molecule is CCC(CC)C(C)(C)OC(C)(C)C(CC)CC. The summed E-state index contributed by atoms with van der Waals surface area (Å²) in [5.41, 5.74) is -0.0365. The summed E-state index contributed by atoms with van der Waals surface area (Å²) in [6, 6.07) is 0. The fourth-order valence-corrected chi connectivity index (χ4v) is 3.39. The summed E-state index contributed by atoms with van der Waals surface area (Å²) in [5, 5.41) is 0. The van der Waals surface area contributed by atoms with Gasteiger partial charge in [0.25, 0.3) is 0 Å². The van der Waals surface area contributed by atoms with E-state index in [0.717, 1.165) is 0 Å². The van der Waals surface area contributed by atoms with E-state index in [1.165, 1.54) is 25.7 Å². The summed E-state index contributed by atoms with van der Waals surface area (Å²) in [4.78, 5) is 0. The molecule has 0 aliphatic heterocycles. The van der Waals surface area contributed by atoms with E-state index < -0.39 is 0 Å². The van der Waals surface area contributed by atoms with Crippen LogP contribution in [0.15, 0.2) is 0 Å². The average Bonchev–Trinajstić information content (AvgIpc) is 2.18. The van der Waals surface area contributed by atoms with Crippen LogP contribution in [0.4, 0.5) is 0 Å². The zero-order valence-electron chi connectivity index (χ0n) is 13.4. The average molecular weight is 242 g/mol. The molecular weight excluding hydrogens is 208 g/mol. The molecule has 0 aromatic carbocycles. The predicted octanol–water partition coefficient (Wildman–Crippen LogP) is 5.43. The van der Waals surface area contributed by atoms with E-state index in [1.807, 2.05) is 0 Å². The summed E-state index contributed by atoms with van der Waals surface area (Å²) >= 11 is 0. The van der Waals surface area contributed by atoms with Crippen molar-refractivity contribution < 1.29 is 4.74 Å². The summed E-state index contributed by atoms with van der Waals surface area (Å²) < 4.78 is 6.51. The maximum atomic E-state index is 6.51. The standard InChI is InChI=1S/C16H34O/c1-9-13(10-2)15(5,6)17-16(7,8)14(11-3)12-4/h13-14H,9-12H2,1-8H3. The Morgan fingerprint density at radius 1 is 0.647 bits per heavy atom. The molecule has 0 aromatic heterocycles. The molecule has 104 valence electrons. The third kappa shape index (κ3) is 4.62. The van der Waals surface area contributed by atoms with Gasteiger partial charge >= 0.3 is 0 Å². The van der Waals surface area contributed by atoms with Gasteiger partial charge in [0.2, 0.25) is 0 Å². The molecule has 0 saturated carbocycles. The van der Waals surface area contributed by atoms with Gasteiger partial charge in [0, 0.05) is 0 Å². The van der Waals surface area contributed by atoms with Crippen LogP contribution in [0.1, 0.15) is 81.1 Å². The Hall–Kier alpha value is -0.0400. The molecule has 0 bridgehead atoms. The van der Waals surface area contributed by atoms with E-state index in [1.54, 1.807) is 0 Å². The van der Waals surface area contributed by atoms with Gasteiger partial charge in [0.05, 0.1) is 11.2 Å². The third-order valence-electron chi connectivity index (χ3n) is 4.46. The molecule has 17 heavy (non-hydrogen) atoms. The first-order chi connectivity index (χ1) is 7.75. The lowest BCUT2D eigenvalue weighted by Gasteiger charge is -2.44. The van der Waals surface area contributed by atoms with Crippen molar-refractivity contribution in [3.63, 3.8) is 0 Å². The first-order valence-electron chi connectivity index (χ1n) is 7.45. The lowest BCUT2D eigenvalue weighted by Crippen LogP contribution is -2.45. The molecule has 0 radical (unpaired) electrons. The van der Waals surface area contributed by atoms with Crippen molar-refractivity contribution in [2.75, 3.05) is 0 Å². The molecule has 1 nitrogen and oxygen atoms in total. The molecule has 0 atom stereocenters. The highest BCUT2D eigenvalue weighted by Gasteiger charge is 2.37. The Morgan fingerprint density at radius 2 is 0.882 bits per heavy atom. The molecule has 1 heteroatoms. The van der Waals surface area contributed by atoms with Gasteiger partial charge in [-0.25, -0.2) is 0 Å². The van der Waals surface area contributed by atoms with Crippen molar-refractivity contribution >= 4 is 0 Å². The Morgan fingerprint density at radius 3 is 1.06 bits per heavy atom. The number of hydrogen-bond acceptors (Lipinski definition) is 1. The minimum Gasteiger partial charge on any atom is -0.369 e. The molecule has 0 rings (SSSR count). The minimum atomic E-state index is -0.0183. The van der Waals surface area contributed by atoms with Gasteiger partial charge < -0.3 is 4.74 Å². The van der Waals surface area contributed by atoms with Gasteiger partial charge in [-0.3, -0.25) is 0 Å². The molecule has 0 aromatic rings. The highest BCUT2D eigenvalue weighted by molar-refractivity contribution is 4.86. The Labute approximate surface area is 109 Å². The third-order valence-corrected chi connectivity index (χ3v) is 4.46. The Bertz CT molecular complexity index is 176. The van der Waals surface area contributed by atoms with Gasteiger partial charge in [0.1, 0.15) is 0 Å². The van der Waals surface area contributed by atoms with Crippen molar-refractivity contribution in [3.05, 3.63) is 0 Å². The van der Waals surface area contributed by atoms with Crippen LogP contribution in [0.3, 0.4) is 0 Å². The second-order valence-electron chi connectivity index (χ2n) is 6.34. The van der Waals surface area contributed by atoms with Crippen molar-refractivity contribution in [1.29, 1.82) is 0 Å². The second-order valence-corrected chi connectivity index (χ2v) is 6.34. The number of ether oxygens (including phenoxy) is 1. The van der Waals surface area contributed by atoms with Crippen LogP contribution in [-0.2, 0) is 4.74 Å². The second kappa shape index (κ2) is 6.78.